The minimum atomic E-state index is -0.430. The van der Waals surface area contributed by atoms with Gasteiger partial charge in [0.2, 0.25) is 0 Å². The van der Waals surface area contributed by atoms with Crippen molar-refractivity contribution in [2.45, 2.75) is 57.5 Å². The highest BCUT2D eigenvalue weighted by molar-refractivity contribution is 5.04. The van der Waals surface area contributed by atoms with Crippen LogP contribution in [-0.4, -0.2) is 20.5 Å². The molecule has 17 heavy (non-hydrogen) atoms. The van der Waals surface area contributed by atoms with Gasteiger partial charge in [-0.05, 0) is 43.6 Å². The van der Waals surface area contributed by atoms with Gasteiger partial charge >= 0.3 is 0 Å². The van der Waals surface area contributed by atoms with Crippen LogP contribution in [0.3, 0.4) is 0 Å². The van der Waals surface area contributed by atoms with Gasteiger partial charge in [0.1, 0.15) is 0 Å². The first-order valence-corrected chi connectivity index (χ1v) is 6.77. The Morgan fingerprint density at radius 1 is 1.47 bits per heavy atom. The van der Waals surface area contributed by atoms with Gasteiger partial charge in [0, 0.05) is 13.2 Å². The Bertz CT molecular complexity index is 361. The van der Waals surface area contributed by atoms with Crippen LogP contribution in [0.5, 0.6) is 0 Å². The average molecular weight is 236 g/mol. The molecule has 1 N–H and O–H groups in total. The number of aromatic nitrogens is 2. The van der Waals surface area contributed by atoms with E-state index in [0.29, 0.717) is 0 Å². The first-order chi connectivity index (χ1) is 8.07. The number of hydrogen-bond acceptors (Lipinski definition) is 2. The zero-order valence-corrected chi connectivity index (χ0v) is 11.0. The van der Waals surface area contributed by atoms with Gasteiger partial charge in [0.05, 0.1) is 11.8 Å². The minimum Gasteiger partial charge on any atom is -0.390 e. The van der Waals surface area contributed by atoms with Crippen LogP contribution < -0.4 is 0 Å². The molecule has 0 amide bonds. The SMILES string of the molecule is CC1CCCC(O)(CCc2cnn(C)c2)CC1. The van der Waals surface area contributed by atoms with Crippen molar-refractivity contribution in [3.63, 3.8) is 0 Å². The van der Waals surface area contributed by atoms with E-state index >= 15 is 0 Å². The molecule has 1 aliphatic rings. The molecular formula is C14H24N2O. The summed E-state index contributed by atoms with van der Waals surface area (Å²) >= 11 is 0. The van der Waals surface area contributed by atoms with Crippen LogP contribution in [0.1, 0.15) is 51.0 Å². The fourth-order valence-electron chi connectivity index (χ4n) is 2.79. The summed E-state index contributed by atoms with van der Waals surface area (Å²) in [6.45, 7) is 2.30. The molecule has 0 spiro atoms. The van der Waals surface area contributed by atoms with Crippen LogP contribution in [0.15, 0.2) is 12.4 Å². The quantitative estimate of drug-likeness (QED) is 0.819. The molecule has 1 aromatic heterocycles. The minimum absolute atomic E-state index is 0.430. The molecule has 0 bridgehead atoms. The molecule has 1 aromatic rings. The van der Waals surface area contributed by atoms with Crippen molar-refractivity contribution in [3.8, 4) is 0 Å². The molecule has 2 unspecified atom stereocenters. The van der Waals surface area contributed by atoms with Gasteiger partial charge in [-0.25, -0.2) is 0 Å². The molecule has 0 saturated heterocycles. The van der Waals surface area contributed by atoms with Gasteiger partial charge < -0.3 is 5.11 Å². The van der Waals surface area contributed by atoms with E-state index in [4.69, 9.17) is 0 Å². The zero-order chi connectivity index (χ0) is 12.3. The number of nitrogens with zero attached hydrogens (tertiary/aromatic N) is 2. The van der Waals surface area contributed by atoms with Crippen molar-refractivity contribution >= 4 is 0 Å². The van der Waals surface area contributed by atoms with E-state index in [0.717, 1.165) is 31.6 Å². The van der Waals surface area contributed by atoms with E-state index in [-0.39, 0.29) is 0 Å². The third kappa shape index (κ3) is 3.56. The largest absolute Gasteiger partial charge is 0.390 e. The fourth-order valence-corrected chi connectivity index (χ4v) is 2.79. The van der Waals surface area contributed by atoms with E-state index in [2.05, 4.69) is 12.0 Å². The van der Waals surface area contributed by atoms with Crippen molar-refractivity contribution in [2.75, 3.05) is 0 Å². The van der Waals surface area contributed by atoms with Gasteiger partial charge in [0.25, 0.3) is 0 Å². The van der Waals surface area contributed by atoms with E-state index in [1.165, 1.54) is 24.8 Å². The predicted octanol–water partition coefficient (Wildman–Crippen LogP) is 2.68. The maximum absolute atomic E-state index is 10.6. The van der Waals surface area contributed by atoms with Crippen LogP contribution in [0, 0.1) is 5.92 Å². The summed E-state index contributed by atoms with van der Waals surface area (Å²) < 4.78 is 1.83. The second kappa shape index (κ2) is 5.21. The van der Waals surface area contributed by atoms with Crippen molar-refractivity contribution < 1.29 is 5.11 Å². The van der Waals surface area contributed by atoms with Gasteiger partial charge in [-0.3, -0.25) is 4.68 Å². The molecule has 1 saturated carbocycles. The van der Waals surface area contributed by atoms with Crippen LogP contribution in [0.25, 0.3) is 0 Å². The lowest BCUT2D eigenvalue weighted by Crippen LogP contribution is -2.28. The molecule has 1 aliphatic carbocycles. The van der Waals surface area contributed by atoms with Crippen LogP contribution in [0.2, 0.25) is 0 Å². The van der Waals surface area contributed by atoms with Crippen LogP contribution in [0.4, 0.5) is 0 Å². The summed E-state index contributed by atoms with van der Waals surface area (Å²) in [4.78, 5) is 0. The summed E-state index contributed by atoms with van der Waals surface area (Å²) in [5, 5.41) is 14.8. The smallest absolute Gasteiger partial charge is 0.0651 e. The normalized spacial score (nSPS) is 30.2. The monoisotopic (exact) mass is 236 g/mol. The molecule has 0 aromatic carbocycles. The first kappa shape index (κ1) is 12.6. The third-order valence-corrected chi connectivity index (χ3v) is 4.08. The Morgan fingerprint density at radius 2 is 2.29 bits per heavy atom. The topological polar surface area (TPSA) is 38.1 Å². The van der Waals surface area contributed by atoms with Gasteiger partial charge in [0.15, 0.2) is 0 Å². The highest BCUT2D eigenvalue weighted by Crippen LogP contribution is 2.33. The van der Waals surface area contributed by atoms with Gasteiger partial charge in [-0.2, -0.15) is 5.10 Å². The summed E-state index contributed by atoms with van der Waals surface area (Å²) in [7, 11) is 1.94. The summed E-state index contributed by atoms with van der Waals surface area (Å²) in [6, 6.07) is 0. The number of aryl methyl sites for hydroxylation is 2. The molecule has 0 radical (unpaired) electrons. The first-order valence-electron chi connectivity index (χ1n) is 6.77. The molecule has 3 heteroatoms. The zero-order valence-electron chi connectivity index (χ0n) is 11.0. The number of hydrogen-bond donors (Lipinski definition) is 1. The molecule has 3 nitrogen and oxygen atoms in total. The molecule has 96 valence electrons. The molecule has 1 fully saturated rings. The number of aliphatic hydroxyl groups is 1. The Balaban J connectivity index is 1.88. The lowest BCUT2D eigenvalue weighted by Gasteiger charge is -2.26. The maximum Gasteiger partial charge on any atom is 0.0651 e. The second-order valence-corrected chi connectivity index (χ2v) is 5.78. The standard InChI is InChI=1S/C14H24N2O/c1-12-4-3-7-14(17,8-5-12)9-6-13-10-15-16(2)11-13/h10-12,17H,3-9H2,1-2H3. The van der Waals surface area contributed by atoms with E-state index in [9.17, 15) is 5.11 Å². The molecule has 2 atom stereocenters. The highest BCUT2D eigenvalue weighted by Gasteiger charge is 2.29. The predicted molar refractivity (Wildman–Crippen MR) is 68.7 cm³/mol. The Morgan fingerprint density at radius 3 is 3.00 bits per heavy atom. The average Bonchev–Trinajstić information content (AvgIpc) is 2.62. The van der Waals surface area contributed by atoms with E-state index in [1.54, 1.807) is 0 Å². The number of rotatable bonds is 3. The van der Waals surface area contributed by atoms with E-state index < -0.39 is 5.60 Å². The highest BCUT2D eigenvalue weighted by atomic mass is 16.3. The summed E-state index contributed by atoms with van der Waals surface area (Å²) in [6.07, 6.45) is 11.3. The van der Waals surface area contributed by atoms with Crippen LogP contribution in [-0.2, 0) is 13.5 Å². The Labute approximate surface area is 104 Å². The maximum atomic E-state index is 10.6. The lowest BCUT2D eigenvalue weighted by atomic mass is 9.88. The van der Waals surface area contributed by atoms with Gasteiger partial charge in [-0.15, -0.1) is 0 Å². The van der Waals surface area contributed by atoms with E-state index in [1.807, 2.05) is 24.1 Å². The fraction of sp³-hybridized carbons (Fsp3) is 0.786. The third-order valence-electron chi connectivity index (χ3n) is 4.08. The lowest BCUT2D eigenvalue weighted by molar-refractivity contribution is 0.0159. The molecule has 0 aliphatic heterocycles. The summed E-state index contributed by atoms with van der Waals surface area (Å²) in [5.74, 6) is 0.780. The second-order valence-electron chi connectivity index (χ2n) is 5.78. The molecule has 2 rings (SSSR count). The van der Waals surface area contributed by atoms with Gasteiger partial charge in [-0.1, -0.05) is 19.8 Å². The van der Waals surface area contributed by atoms with Crippen molar-refractivity contribution in [2.24, 2.45) is 13.0 Å². The summed E-state index contributed by atoms with van der Waals surface area (Å²) in [5.41, 5.74) is 0.805. The van der Waals surface area contributed by atoms with Crippen molar-refractivity contribution in [1.82, 2.24) is 9.78 Å². The molecule has 1 heterocycles. The molecular weight excluding hydrogens is 212 g/mol. The Hall–Kier alpha value is -0.830. The van der Waals surface area contributed by atoms with Crippen LogP contribution >= 0.6 is 0 Å². The Kier molecular flexibility index (Phi) is 3.87. The van der Waals surface area contributed by atoms with Crippen molar-refractivity contribution in [3.05, 3.63) is 18.0 Å². The van der Waals surface area contributed by atoms with Crippen molar-refractivity contribution in [1.29, 1.82) is 0 Å².